The molecule has 0 amide bonds. The van der Waals surface area contributed by atoms with Gasteiger partial charge in [0.1, 0.15) is 24.1 Å². The number of ether oxygens (including phenoxy) is 1. The predicted octanol–water partition coefficient (Wildman–Crippen LogP) is 2.76. The van der Waals surface area contributed by atoms with Crippen molar-refractivity contribution in [3.63, 3.8) is 0 Å². The monoisotopic (exact) mass is 298 g/mol. The van der Waals surface area contributed by atoms with Crippen molar-refractivity contribution in [1.29, 1.82) is 0 Å². The minimum absolute atomic E-state index is 0.135. The Morgan fingerprint density at radius 1 is 1.10 bits per heavy atom. The van der Waals surface area contributed by atoms with Crippen molar-refractivity contribution < 1.29 is 17.9 Å². The van der Waals surface area contributed by atoms with Gasteiger partial charge in [-0.05, 0) is 6.92 Å². The zero-order valence-corrected chi connectivity index (χ0v) is 11.2. The van der Waals surface area contributed by atoms with E-state index in [0.29, 0.717) is 24.6 Å². The molecule has 1 heterocycles. The zero-order chi connectivity index (χ0) is 15.4. The number of nitrogens with zero attached hydrogens (tertiary/aromatic N) is 2. The molecule has 0 saturated heterocycles. The quantitative estimate of drug-likeness (QED) is 0.830. The lowest BCUT2D eigenvalue weighted by Crippen LogP contribution is -2.06. The van der Waals surface area contributed by atoms with Crippen LogP contribution in [0.15, 0.2) is 18.2 Å². The number of anilines is 3. The van der Waals surface area contributed by atoms with Crippen LogP contribution in [0.1, 0.15) is 12.7 Å². The fraction of sp³-hybridized carbons (Fsp3) is 0.231. The van der Waals surface area contributed by atoms with Gasteiger partial charge in [-0.3, -0.25) is 0 Å². The lowest BCUT2D eigenvalue weighted by Gasteiger charge is -2.09. The maximum Gasteiger partial charge on any atom is 0.161 e. The van der Waals surface area contributed by atoms with Crippen LogP contribution in [0, 0.1) is 17.5 Å². The number of aromatic nitrogens is 2. The molecule has 8 heteroatoms. The number of rotatable bonds is 5. The van der Waals surface area contributed by atoms with E-state index in [1.807, 2.05) is 6.92 Å². The summed E-state index contributed by atoms with van der Waals surface area (Å²) in [6, 6.07) is 2.49. The molecule has 3 N–H and O–H groups in total. The summed E-state index contributed by atoms with van der Waals surface area (Å²) in [4.78, 5) is 7.99. The van der Waals surface area contributed by atoms with E-state index in [4.69, 9.17) is 10.5 Å². The summed E-state index contributed by atoms with van der Waals surface area (Å²) < 4.78 is 44.7. The van der Waals surface area contributed by atoms with Gasteiger partial charge in [-0.2, -0.15) is 0 Å². The number of hydrogen-bond donors (Lipinski definition) is 2. The fourth-order valence-electron chi connectivity index (χ4n) is 1.60. The van der Waals surface area contributed by atoms with Gasteiger partial charge >= 0.3 is 0 Å². The Balaban J connectivity index is 2.27. The highest BCUT2D eigenvalue weighted by Gasteiger charge is 2.11. The van der Waals surface area contributed by atoms with Gasteiger partial charge in [0.05, 0.1) is 5.69 Å². The van der Waals surface area contributed by atoms with Crippen molar-refractivity contribution in [3.8, 4) is 0 Å². The third-order valence-electron chi connectivity index (χ3n) is 2.50. The molecule has 0 bridgehead atoms. The Hall–Kier alpha value is -2.35. The van der Waals surface area contributed by atoms with E-state index in [1.165, 1.54) is 6.07 Å². The molecule has 0 unspecified atom stereocenters. The molecular formula is C13H13F3N4O. The predicted molar refractivity (Wildman–Crippen MR) is 71.4 cm³/mol. The van der Waals surface area contributed by atoms with Crippen LogP contribution in [0.4, 0.5) is 30.5 Å². The van der Waals surface area contributed by atoms with Crippen molar-refractivity contribution >= 4 is 17.3 Å². The van der Waals surface area contributed by atoms with Gasteiger partial charge in [-0.1, -0.05) is 0 Å². The van der Waals surface area contributed by atoms with Crippen LogP contribution in [-0.4, -0.2) is 16.6 Å². The van der Waals surface area contributed by atoms with E-state index < -0.39 is 17.5 Å². The Labute approximate surface area is 119 Å². The van der Waals surface area contributed by atoms with Crippen LogP contribution in [0.2, 0.25) is 0 Å². The molecule has 0 aliphatic heterocycles. The van der Waals surface area contributed by atoms with Gasteiger partial charge in [-0.25, -0.2) is 23.1 Å². The second-order valence-electron chi connectivity index (χ2n) is 4.10. The van der Waals surface area contributed by atoms with Crippen molar-refractivity contribution in [1.82, 2.24) is 9.97 Å². The van der Waals surface area contributed by atoms with Crippen LogP contribution in [0.3, 0.4) is 0 Å². The van der Waals surface area contributed by atoms with E-state index >= 15 is 0 Å². The number of halogens is 3. The lowest BCUT2D eigenvalue weighted by molar-refractivity contribution is 0.128. The summed E-state index contributed by atoms with van der Waals surface area (Å²) in [5.74, 6) is -2.79. The summed E-state index contributed by atoms with van der Waals surface area (Å²) in [6.07, 6.45) is 0. The number of nitrogen functional groups attached to an aromatic ring is 1. The van der Waals surface area contributed by atoms with Crippen LogP contribution in [0.5, 0.6) is 0 Å². The van der Waals surface area contributed by atoms with Crippen LogP contribution < -0.4 is 11.1 Å². The Bertz CT molecular complexity index is 652. The third-order valence-corrected chi connectivity index (χ3v) is 2.50. The molecule has 0 aliphatic carbocycles. The van der Waals surface area contributed by atoms with Crippen LogP contribution in [0.25, 0.3) is 0 Å². The molecule has 21 heavy (non-hydrogen) atoms. The summed E-state index contributed by atoms with van der Waals surface area (Å²) in [7, 11) is 0. The molecule has 0 aliphatic rings. The van der Waals surface area contributed by atoms with E-state index in [-0.39, 0.29) is 23.9 Å². The van der Waals surface area contributed by atoms with Gasteiger partial charge in [0.15, 0.2) is 17.5 Å². The molecule has 0 radical (unpaired) electrons. The van der Waals surface area contributed by atoms with Gasteiger partial charge in [0, 0.05) is 24.8 Å². The van der Waals surface area contributed by atoms with Gasteiger partial charge in [0.25, 0.3) is 0 Å². The third kappa shape index (κ3) is 3.82. The maximum absolute atomic E-state index is 13.6. The summed E-state index contributed by atoms with van der Waals surface area (Å²) in [5, 5.41) is 2.53. The average Bonchev–Trinajstić information content (AvgIpc) is 2.42. The smallest absolute Gasteiger partial charge is 0.161 e. The molecule has 0 spiro atoms. The van der Waals surface area contributed by atoms with E-state index in [0.717, 1.165) is 0 Å². The molecule has 5 nitrogen and oxygen atoms in total. The molecular weight excluding hydrogens is 285 g/mol. The lowest BCUT2D eigenvalue weighted by atomic mass is 10.3. The van der Waals surface area contributed by atoms with Gasteiger partial charge < -0.3 is 15.8 Å². The van der Waals surface area contributed by atoms with E-state index in [2.05, 4.69) is 15.3 Å². The van der Waals surface area contributed by atoms with Crippen LogP contribution >= 0.6 is 0 Å². The highest BCUT2D eigenvalue weighted by atomic mass is 19.2. The number of nitrogens with two attached hydrogens (primary N) is 1. The minimum atomic E-state index is -1.27. The molecule has 2 rings (SSSR count). The Morgan fingerprint density at radius 3 is 2.52 bits per heavy atom. The highest BCUT2D eigenvalue weighted by Crippen LogP contribution is 2.22. The zero-order valence-electron chi connectivity index (χ0n) is 11.2. The first-order valence-electron chi connectivity index (χ1n) is 6.12. The molecule has 1 aromatic carbocycles. The van der Waals surface area contributed by atoms with Gasteiger partial charge in [0.2, 0.25) is 0 Å². The molecule has 2 aromatic rings. The van der Waals surface area contributed by atoms with E-state index in [1.54, 1.807) is 0 Å². The first-order chi connectivity index (χ1) is 9.99. The fourth-order valence-corrected chi connectivity index (χ4v) is 1.60. The second kappa shape index (κ2) is 6.40. The van der Waals surface area contributed by atoms with Crippen molar-refractivity contribution in [2.45, 2.75) is 13.5 Å². The normalized spacial score (nSPS) is 10.7. The molecule has 0 saturated carbocycles. The minimum Gasteiger partial charge on any atom is -0.384 e. The number of hydrogen-bond acceptors (Lipinski definition) is 5. The standard InChI is InChI=1S/C13H13F3N4O/c1-2-21-6-13-19-11(17)5-12(20-13)18-10-4-8(15)7(14)3-9(10)16/h3-5H,2,6H2,1H3,(H3,17,18,19,20). The average molecular weight is 298 g/mol. The Kier molecular flexibility index (Phi) is 4.59. The first kappa shape index (κ1) is 15.0. The summed E-state index contributed by atoms with van der Waals surface area (Å²) >= 11 is 0. The molecule has 0 fully saturated rings. The molecule has 1 aromatic heterocycles. The SMILES string of the molecule is CCOCc1nc(N)cc(Nc2cc(F)c(F)cc2F)n1. The topological polar surface area (TPSA) is 73.1 Å². The largest absolute Gasteiger partial charge is 0.384 e. The maximum atomic E-state index is 13.6. The highest BCUT2D eigenvalue weighted by molar-refractivity contribution is 5.59. The first-order valence-corrected chi connectivity index (χ1v) is 6.12. The van der Waals surface area contributed by atoms with Crippen LogP contribution in [-0.2, 0) is 11.3 Å². The number of nitrogens with one attached hydrogen (secondary N) is 1. The number of benzene rings is 1. The Morgan fingerprint density at radius 2 is 1.81 bits per heavy atom. The second-order valence-corrected chi connectivity index (χ2v) is 4.10. The van der Waals surface area contributed by atoms with Crippen molar-refractivity contribution in [2.24, 2.45) is 0 Å². The molecule has 0 atom stereocenters. The van der Waals surface area contributed by atoms with E-state index in [9.17, 15) is 13.2 Å². The van der Waals surface area contributed by atoms with Crippen molar-refractivity contribution in [2.75, 3.05) is 17.7 Å². The summed E-state index contributed by atoms with van der Waals surface area (Å²) in [5.41, 5.74) is 5.35. The molecule has 112 valence electrons. The van der Waals surface area contributed by atoms with Crippen molar-refractivity contribution in [3.05, 3.63) is 41.5 Å². The summed E-state index contributed by atoms with van der Waals surface area (Å²) in [6.45, 7) is 2.41. The van der Waals surface area contributed by atoms with Gasteiger partial charge in [-0.15, -0.1) is 0 Å².